The Balaban J connectivity index is 1.31. The number of hydrogen-bond acceptors (Lipinski definition) is 6. The van der Waals surface area contributed by atoms with E-state index in [-0.39, 0.29) is 12.0 Å². The van der Waals surface area contributed by atoms with E-state index in [1.807, 2.05) is 4.90 Å². The van der Waals surface area contributed by atoms with E-state index in [2.05, 4.69) is 26.4 Å². The number of hydrogen-bond donors (Lipinski definition) is 0. The number of fused-ring (bicyclic) bond motifs is 1. The summed E-state index contributed by atoms with van der Waals surface area (Å²) < 4.78 is 7.57. The van der Waals surface area contributed by atoms with Crippen LogP contribution in [0.2, 0.25) is 0 Å². The van der Waals surface area contributed by atoms with Crippen LogP contribution in [0.25, 0.3) is 0 Å². The van der Waals surface area contributed by atoms with Crippen molar-refractivity contribution in [3.05, 3.63) is 34.5 Å². The van der Waals surface area contributed by atoms with Gasteiger partial charge in [-0.05, 0) is 23.4 Å². The Morgan fingerprint density at radius 1 is 1.42 bits per heavy atom. The van der Waals surface area contributed by atoms with Crippen molar-refractivity contribution in [1.29, 1.82) is 0 Å². The van der Waals surface area contributed by atoms with Crippen molar-refractivity contribution >= 4 is 17.2 Å². The lowest BCUT2D eigenvalue weighted by Crippen LogP contribution is -2.49. The third-order valence-corrected chi connectivity index (χ3v) is 5.62. The van der Waals surface area contributed by atoms with E-state index in [9.17, 15) is 4.79 Å². The maximum atomic E-state index is 12.6. The SMILES string of the molecule is O=C(CN1CCOC(Cn2cncn2)C1)N1CCc2sccc2C1. The second-order valence-corrected chi connectivity index (χ2v) is 7.28. The van der Waals surface area contributed by atoms with E-state index in [0.717, 1.165) is 32.6 Å². The Morgan fingerprint density at radius 2 is 2.38 bits per heavy atom. The van der Waals surface area contributed by atoms with Crippen molar-refractivity contribution in [1.82, 2.24) is 24.6 Å². The summed E-state index contributed by atoms with van der Waals surface area (Å²) in [5.74, 6) is 0.216. The molecule has 0 spiro atoms. The number of thiophene rings is 1. The maximum Gasteiger partial charge on any atom is 0.237 e. The van der Waals surface area contributed by atoms with Gasteiger partial charge in [-0.15, -0.1) is 11.3 Å². The molecule has 0 bridgehead atoms. The predicted molar refractivity (Wildman–Crippen MR) is 89.6 cm³/mol. The lowest BCUT2D eigenvalue weighted by Gasteiger charge is -2.34. The Labute approximate surface area is 144 Å². The number of carbonyl (C=O) groups is 1. The predicted octanol–water partition coefficient (Wildman–Crippen LogP) is 0.625. The van der Waals surface area contributed by atoms with Gasteiger partial charge in [0.05, 0.1) is 25.8 Å². The van der Waals surface area contributed by atoms with E-state index >= 15 is 0 Å². The van der Waals surface area contributed by atoms with Crippen LogP contribution in [0.3, 0.4) is 0 Å². The number of aromatic nitrogens is 3. The molecule has 2 aliphatic rings. The fraction of sp³-hybridized carbons (Fsp3) is 0.562. The summed E-state index contributed by atoms with van der Waals surface area (Å²) in [6, 6.07) is 2.14. The first-order valence-electron chi connectivity index (χ1n) is 8.27. The molecule has 0 N–H and O–H groups in total. The van der Waals surface area contributed by atoms with Crippen molar-refractivity contribution in [3.63, 3.8) is 0 Å². The standard InChI is InChI=1S/C16H21N5O2S/c22-16(20-3-1-15-13(7-20)2-6-24-15)10-19-4-5-23-14(8-19)9-21-12-17-11-18-21/h2,6,11-12,14H,1,3-5,7-10H2. The first kappa shape index (κ1) is 15.7. The highest BCUT2D eigenvalue weighted by Crippen LogP contribution is 2.24. The summed E-state index contributed by atoms with van der Waals surface area (Å²) >= 11 is 1.80. The summed E-state index contributed by atoms with van der Waals surface area (Å²) in [6.45, 7) is 4.94. The molecule has 2 aliphatic heterocycles. The number of morpholine rings is 1. The summed E-state index contributed by atoms with van der Waals surface area (Å²) in [7, 11) is 0. The van der Waals surface area contributed by atoms with Gasteiger partial charge in [0.2, 0.25) is 5.91 Å². The highest BCUT2D eigenvalue weighted by Gasteiger charge is 2.26. The molecular weight excluding hydrogens is 326 g/mol. The first-order chi connectivity index (χ1) is 11.8. The Hall–Kier alpha value is -1.77. The highest BCUT2D eigenvalue weighted by molar-refractivity contribution is 7.10. The van der Waals surface area contributed by atoms with Crippen molar-refractivity contribution < 1.29 is 9.53 Å². The molecule has 2 aromatic rings. The van der Waals surface area contributed by atoms with Crippen LogP contribution in [0.1, 0.15) is 10.4 Å². The number of nitrogens with zero attached hydrogens (tertiary/aromatic N) is 5. The zero-order valence-electron chi connectivity index (χ0n) is 13.5. The highest BCUT2D eigenvalue weighted by atomic mass is 32.1. The van der Waals surface area contributed by atoms with Crippen molar-refractivity contribution in [2.75, 3.05) is 32.8 Å². The summed E-state index contributed by atoms with van der Waals surface area (Å²) in [6.07, 6.45) is 4.26. The van der Waals surface area contributed by atoms with Crippen LogP contribution < -0.4 is 0 Å². The van der Waals surface area contributed by atoms with Gasteiger partial charge in [-0.1, -0.05) is 0 Å². The van der Waals surface area contributed by atoms with Crippen LogP contribution in [-0.2, 0) is 29.0 Å². The molecule has 0 saturated carbocycles. The second kappa shape index (κ2) is 7.00. The van der Waals surface area contributed by atoms with Crippen LogP contribution in [0, 0.1) is 0 Å². The quantitative estimate of drug-likeness (QED) is 0.812. The van der Waals surface area contributed by atoms with Gasteiger partial charge in [-0.2, -0.15) is 5.10 Å². The van der Waals surface area contributed by atoms with Gasteiger partial charge in [0, 0.05) is 31.1 Å². The number of amides is 1. The molecule has 1 fully saturated rings. The molecule has 4 rings (SSSR count). The summed E-state index contributed by atoms with van der Waals surface area (Å²) in [5, 5.41) is 6.24. The van der Waals surface area contributed by atoms with E-state index in [0.29, 0.717) is 19.7 Å². The van der Waals surface area contributed by atoms with Gasteiger partial charge in [-0.3, -0.25) is 14.4 Å². The Morgan fingerprint density at radius 3 is 3.25 bits per heavy atom. The second-order valence-electron chi connectivity index (χ2n) is 6.28. The molecule has 0 radical (unpaired) electrons. The van der Waals surface area contributed by atoms with Crippen LogP contribution in [-0.4, -0.2) is 69.4 Å². The van der Waals surface area contributed by atoms with E-state index in [1.54, 1.807) is 22.3 Å². The van der Waals surface area contributed by atoms with Crippen LogP contribution in [0.15, 0.2) is 24.1 Å². The fourth-order valence-electron chi connectivity index (χ4n) is 3.32. The molecule has 4 heterocycles. The van der Waals surface area contributed by atoms with Crippen LogP contribution in [0.4, 0.5) is 0 Å². The number of rotatable bonds is 4. The molecule has 1 saturated heterocycles. The molecule has 0 aromatic carbocycles. The molecule has 24 heavy (non-hydrogen) atoms. The fourth-order valence-corrected chi connectivity index (χ4v) is 4.21. The third-order valence-electron chi connectivity index (χ3n) is 4.60. The van der Waals surface area contributed by atoms with Gasteiger partial charge in [0.1, 0.15) is 12.7 Å². The Bertz CT molecular complexity index is 686. The van der Waals surface area contributed by atoms with Gasteiger partial charge < -0.3 is 9.64 Å². The molecule has 2 aromatic heterocycles. The number of ether oxygens (including phenoxy) is 1. The lowest BCUT2D eigenvalue weighted by atomic mass is 10.1. The van der Waals surface area contributed by atoms with Crippen LogP contribution in [0.5, 0.6) is 0 Å². The molecule has 1 unspecified atom stereocenters. The third kappa shape index (κ3) is 3.50. The molecule has 0 aliphatic carbocycles. The van der Waals surface area contributed by atoms with E-state index in [1.165, 1.54) is 16.8 Å². The van der Waals surface area contributed by atoms with Crippen molar-refractivity contribution in [3.8, 4) is 0 Å². The van der Waals surface area contributed by atoms with E-state index < -0.39 is 0 Å². The van der Waals surface area contributed by atoms with Gasteiger partial charge >= 0.3 is 0 Å². The van der Waals surface area contributed by atoms with Crippen molar-refractivity contribution in [2.45, 2.75) is 25.6 Å². The molecular formula is C16H21N5O2S. The molecule has 8 heteroatoms. The van der Waals surface area contributed by atoms with Gasteiger partial charge in [0.25, 0.3) is 0 Å². The topological polar surface area (TPSA) is 63.5 Å². The monoisotopic (exact) mass is 347 g/mol. The van der Waals surface area contributed by atoms with E-state index in [4.69, 9.17) is 4.74 Å². The molecule has 7 nitrogen and oxygen atoms in total. The summed E-state index contributed by atoms with van der Waals surface area (Å²) in [5.41, 5.74) is 1.31. The number of carbonyl (C=O) groups excluding carboxylic acids is 1. The molecule has 1 amide bonds. The van der Waals surface area contributed by atoms with Crippen LogP contribution >= 0.6 is 11.3 Å². The minimum atomic E-state index is 0.0538. The normalized spacial score (nSPS) is 21.7. The first-order valence-corrected chi connectivity index (χ1v) is 9.15. The minimum Gasteiger partial charge on any atom is -0.374 e. The smallest absolute Gasteiger partial charge is 0.237 e. The zero-order valence-corrected chi connectivity index (χ0v) is 14.3. The molecule has 128 valence electrons. The largest absolute Gasteiger partial charge is 0.374 e. The maximum absolute atomic E-state index is 12.6. The van der Waals surface area contributed by atoms with Gasteiger partial charge in [0.15, 0.2) is 0 Å². The zero-order chi connectivity index (χ0) is 16.4. The van der Waals surface area contributed by atoms with Crippen molar-refractivity contribution in [2.24, 2.45) is 0 Å². The van der Waals surface area contributed by atoms with Gasteiger partial charge in [-0.25, -0.2) is 4.98 Å². The Kier molecular flexibility index (Phi) is 4.59. The molecule has 1 atom stereocenters. The minimum absolute atomic E-state index is 0.0538. The lowest BCUT2D eigenvalue weighted by molar-refractivity contribution is -0.135. The average Bonchev–Trinajstić information content (AvgIpc) is 3.25. The average molecular weight is 347 g/mol. The summed E-state index contributed by atoms with van der Waals surface area (Å²) in [4.78, 5) is 22.2.